The molecule has 1 nitrogen and oxygen atoms in total. The van der Waals surface area contributed by atoms with Crippen molar-refractivity contribution >= 4 is 15.9 Å². The molecule has 15 heavy (non-hydrogen) atoms. The lowest BCUT2D eigenvalue weighted by molar-refractivity contribution is 0.584. The van der Waals surface area contributed by atoms with E-state index in [1.807, 2.05) is 0 Å². The van der Waals surface area contributed by atoms with Crippen molar-refractivity contribution in [1.29, 1.82) is 0 Å². The summed E-state index contributed by atoms with van der Waals surface area (Å²) in [5.74, 6) is -1.19. The van der Waals surface area contributed by atoms with E-state index >= 15 is 0 Å². The molecule has 0 bridgehead atoms. The summed E-state index contributed by atoms with van der Waals surface area (Å²) in [4.78, 5) is 3.91. The van der Waals surface area contributed by atoms with Crippen LogP contribution >= 0.6 is 15.9 Å². The van der Waals surface area contributed by atoms with E-state index in [1.54, 1.807) is 18.5 Å². The van der Waals surface area contributed by atoms with Crippen molar-refractivity contribution in [3.63, 3.8) is 0 Å². The molecule has 0 aliphatic rings. The van der Waals surface area contributed by atoms with Crippen LogP contribution in [0, 0.1) is 11.6 Å². The molecule has 76 valence electrons. The lowest BCUT2D eigenvalue weighted by atomic mass is 10.1. The molecule has 0 aliphatic carbocycles. The van der Waals surface area contributed by atoms with Gasteiger partial charge in [0.2, 0.25) is 0 Å². The smallest absolute Gasteiger partial charge is 0.126 e. The Morgan fingerprint density at radius 2 is 1.73 bits per heavy atom. The summed E-state index contributed by atoms with van der Waals surface area (Å²) in [5, 5.41) is 0. The summed E-state index contributed by atoms with van der Waals surface area (Å²) < 4.78 is 26.7. The van der Waals surface area contributed by atoms with E-state index in [2.05, 4.69) is 20.9 Å². The van der Waals surface area contributed by atoms with Crippen molar-refractivity contribution in [2.24, 2.45) is 0 Å². The number of rotatable bonds is 1. The summed E-state index contributed by atoms with van der Waals surface area (Å²) in [6.45, 7) is 0. The van der Waals surface area contributed by atoms with Crippen LogP contribution in [0.1, 0.15) is 0 Å². The van der Waals surface area contributed by atoms with Crippen molar-refractivity contribution in [2.75, 3.05) is 0 Å². The third-order valence-corrected chi connectivity index (χ3v) is 2.63. The highest BCUT2D eigenvalue weighted by Gasteiger charge is 2.06. The molecule has 0 unspecified atom stereocenters. The van der Waals surface area contributed by atoms with E-state index in [4.69, 9.17) is 0 Å². The molecule has 0 radical (unpaired) electrons. The van der Waals surface area contributed by atoms with Crippen LogP contribution in [0.15, 0.2) is 41.1 Å². The van der Waals surface area contributed by atoms with Gasteiger partial charge < -0.3 is 0 Å². The third kappa shape index (κ3) is 2.21. The number of nitrogens with zero attached hydrogens (tertiary/aromatic N) is 1. The summed E-state index contributed by atoms with van der Waals surface area (Å²) in [6.07, 6.45) is 3.15. The molecule has 0 saturated carbocycles. The van der Waals surface area contributed by atoms with Gasteiger partial charge in [-0.2, -0.15) is 0 Å². The molecule has 0 N–H and O–H groups in total. The van der Waals surface area contributed by atoms with Gasteiger partial charge in [0.05, 0.1) is 0 Å². The Labute approximate surface area is 93.9 Å². The first-order valence-electron chi connectivity index (χ1n) is 4.23. The van der Waals surface area contributed by atoms with E-state index in [0.29, 0.717) is 11.1 Å². The van der Waals surface area contributed by atoms with E-state index in [-0.39, 0.29) is 0 Å². The zero-order chi connectivity index (χ0) is 10.8. The summed E-state index contributed by atoms with van der Waals surface area (Å²) in [5.41, 5.74) is 1.13. The zero-order valence-corrected chi connectivity index (χ0v) is 9.13. The van der Waals surface area contributed by atoms with E-state index in [1.165, 1.54) is 12.1 Å². The van der Waals surface area contributed by atoms with Crippen molar-refractivity contribution in [3.8, 4) is 11.1 Å². The fourth-order valence-corrected chi connectivity index (χ4v) is 1.75. The average molecular weight is 270 g/mol. The highest BCUT2D eigenvalue weighted by Crippen LogP contribution is 2.27. The van der Waals surface area contributed by atoms with Gasteiger partial charge in [-0.05, 0) is 23.8 Å². The molecular weight excluding hydrogens is 264 g/mol. The van der Waals surface area contributed by atoms with Crippen LogP contribution in [0.4, 0.5) is 8.78 Å². The molecular formula is C11H6BrF2N. The van der Waals surface area contributed by atoms with Gasteiger partial charge in [0, 0.05) is 28.5 Å². The number of pyridine rings is 1. The first-order chi connectivity index (χ1) is 7.16. The second-order valence-electron chi connectivity index (χ2n) is 3.01. The largest absolute Gasteiger partial charge is 0.264 e. The van der Waals surface area contributed by atoms with Crippen LogP contribution in [0.3, 0.4) is 0 Å². The van der Waals surface area contributed by atoms with Gasteiger partial charge in [-0.15, -0.1) is 0 Å². The van der Waals surface area contributed by atoms with E-state index < -0.39 is 11.6 Å². The van der Waals surface area contributed by atoms with Gasteiger partial charge in [-0.25, -0.2) is 8.78 Å². The predicted molar refractivity (Wildman–Crippen MR) is 57.3 cm³/mol. The van der Waals surface area contributed by atoms with Crippen LogP contribution in [0.2, 0.25) is 0 Å². The SMILES string of the molecule is Fc1cc(F)cc(-c2cnccc2Br)c1. The van der Waals surface area contributed by atoms with Crippen molar-refractivity contribution < 1.29 is 8.78 Å². The van der Waals surface area contributed by atoms with Crippen molar-refractivity contribution in [1.82, 2.24) is 4.98 Å². The minimum Gasteiger partial charge on any atom is -0.264 e. The predicted octanol–water partition coefficient (Wildman–Crippen LogP) is 3.79. The van der Waals surface area contributed by atoms with Crippen LogP contribution < -0.4 is 0 Å². The van der Waals surface area contributed by atoms with Gasteiger partial charge in [-0.1, -0.05) is 15.9 Å². The first kappa shape index (κ1) is 10.2. The number of hydrogen-bond acceptors (Lipinski definition) is 1. The quantitative estimate of drug-likeness (QED) is 0.768. The van der Waals surface area contributed by atoms with E-state index in [9.17, 15) is 8.78 Å². The molecule has 2 rings (SSSR count). The molecule has 0 saturated heterocycles. The van der Waals surface area contributed by atoms with Gasteiger partial charge >= 0.3 is 0 Å². The molecule has 0 aliphatic heterocycles. The minimum absolute atomic E-state index is 0.465. The maximum absolute atomic E-state index is 13.0. The van der Waals surface area contributed by atoms with Crippen LogP contribution in [-0.4, -0.2) is 4.98 Å². The molecule has 0 fully saturated rings. The number of halogens is 3. The molecule has 1 aromatic carbocycles. The molecule has 4 heteroatoms. The molecule has 0 atom stereocenters. The molecule has 0 spiro atoms. The minimum atomic E-state index is -0.597. The molecule has 0 amide bonds. The van der Waals surface area contributed by atoms with Gasteiger partial charge in [0.15, 0.2) is 0 Å². The number of aromatic nitrogens is 1. The average Bonchev–Trinajstić information content (AvgIpc) is 2.16. The Hall–Kier alpha value is -1.29. The fourth-order valence-electron chi connectivity index (χ4n) is 1.30. The second-order valence-corrected chi connectivity index (χ2v) is 3.87. The Balaban J connectivity index is 2.59. The van der Waals surface area contributed by atoms with Crippen molar-refractivity contribution in [2.45, 2.75) is 0 Å². The van der Waals surface area contributed by atoms with Gasteiger partial charge in [-0.3, -0.25) is 4.98 Å². The standard InChI is InChI=1S/C11H6BrF2N/c12-11-1-2-15-6-10(11)7-3-8(13)5-9(14)4-7/h1-6H. The zero-order valence-electron chi connectivity index (χ0n) is 7.55. The topological polar surface area (TPSA) is 12.9 Å². The highest BCUT2D eigenvalue weighted by molar-refractivity contribution is 9.10. The normalized spacial score (nSPS) is 10.3. The second kappa shape index (κ2) is 4.06. The maximum atomic E-state index is 13.0. The maximum Gasteiger partial charge on any atom is 0.126 e. The Morgan fingerprint density at radius 1 is 1.07 bits per heavy atom. The number of benzene rings is 1. The number of hydrogen-bond donors (Lipinski definition) is 0. The van der Waals surface area contributed by atoms with Crippen LogP contribution in [0.25, 0.3) is 11.1 Å². The summed E-state index contributed by atoms with van der Waals surface area (Å²) >= 11 is 3.30. The van der Waals surface area contributed by atoms with Crippen molar-refractivity contribution in [3.05, 3.63) is 52.8 Å². The highest BCUT2D eigenvalue weighted by atomic mass is 79.9. The Morgan fingerprint density at radius 3 is 2.33 bits per heavy atom. The van der Waals surface area contributed by atoms with Crippen LogP contribution in [0.5, 0.6) is 0 Å². The third-order valence-electron chi connectivity index (χ3n) is 1.94. The Bertz CT molecular complexity index is 479. The first-order valence-corrected chi connectivity index (χ1v) is 5.02. The molecule has 1 aromatic heterocycles. The monoisotopic (exact) mass is 269 g/mol. The van der Waals surface area contributed by atoms with Crippen LogP contribution in [-0.2, 0) is 0 Å². The lowest BCUT2D eigenvalue weighted by Gasteiger charge is -2.03. The van der Waals surface area contributed by atoms with E-state index in [0.717, 1.165) is 10.5 Å². The summed E-state index contributed by atoms with van der Waals surface area (Å²) in [6, 6.07) is 5.10. The van der Waals surface area contributed by atoms with Gasteiger partial charge in [0.1, 0.15) is 11.6 Å². The summed E-state index contributed by atoms with van der Waals surface area (Å²) in [7, 11) is 0. The Kier molecular flexibility index (Phi) is 2.77. The fraction of sp³-hybridized carbons (Fsp3) is 0. The lowest BCUT2D eigenvalue weighted by Crippen LogP contribution is -1.86. The van der Waals surface area contributed by atoms with Gasteiger partial charge in [0.25, 0.3) is 0 Å². The molecule has 2 aromatic rings. The molecule has 1 heterocycles.